The van der Waals surface area contributed by atoms with E-state index in [0.29, 0.717) is 0 Å². The fourth-order valence-corrected chi connectivity index (χ4v) is 2.65. The minimum atomic E-state index is 0.289. The SMILES string of the molecule is CNC(CSCC(C)C)c1cnccc1N. The molecule has 0 aliphatic rings. The Morgan fingerprint density at radius 2 is 2.19 bits per heavy atom. The number of hydrogen-bond donors (Lipinski definition) is 2. The highest BCUT2D eigenvalue weighted by Gasteiger charge is 2.12. The van der Waals surface area contributed by atoms with E-state index in [4.69, 9.17) is 5.73 Å². The fraction of sp³-hybridized carbons (Fsp3) is 0.583. The van der Waals surface area contributed by atoms with Crippen LogP contribution < -0.4 is 11.1 Å². The molecule has 0 aliphatic carbocycles. The quantitative estimate of drug-likeness (QED) is 0.800. The van der Waals surface area contributed by atoms with E-state index in [1.807, 2.05) is 31.1 Å². The highest BCUT2D eigenvalue weighted by Crippen LogP contribution is 2.23. The van der Waals surface area contributed by atoms with E-state index in [-0.39, 0.29) is 6.04 Å². The number of rotatable bonds is 6. The van der Waals surface area contributed by atoms with E-state index in [9.17, 15) is 0 Å². The van der Waals surface area contributed by atoms with Crippen molar-refractivity contribution in [1.29, 1.82) is 0 Å². The Morgan fingerprint density at radius 1 is 1.44 bits per heavy atom. The Balaban J connectivity index is 2.57. The van der Waals surface area contributed by atoms with Crippen molar-refractivity contribution < 1.29 is 0 Å². The second kappa shape index (κ2) is 6.76. The Bertz CT molecular complexity index is 315. The molecule has 0 bridgehead atoms. The number of nitrogens with zero attached hydrogens (tertiary/aromatic N) is 1. The molecule has 90 valence electrons. The minimum Gasteiger partial charge on any atom is -0.398 e. The van der Waals surface area contributed by atoms with E-state index in [2.05, 4.69) is 24.1 Å². The van der Waals surface area contributed by atoms with Gasteiger partial charge in [-0.25, -0.2) is 0 Å². The number of nitrogen functional groups attached to an aromatic ring is 1. The van der Waals surface area contributed by atoms with Crippen LogP contribution in [0.15, 0.2) is 18.5 Å². The average Bonchev–Trinajstić information content (AvgIpc) is 2.25. The summed E-state index contributed by atoms with van der Waals surface area (Å²) in [6.07, 6.45) is 3.58. The van der Waals surface area contributed by atoms with Crippen molar-refractivity contribution in [3.63, 3.8) is 0 Å². The third-order valence-corrected chi connectivity index (χ3v) is 3.82. The molecule has 1 aromatic rings. The number of aromatic nitrogens is 1. The summed E-state index contributed by atoms with van der Waals surface area (Å²) in [6.45, 7) is 4.47. The molecule has 0 saturated carbocycles. The summed E-state index contributed by atoms with van der Waals surface area (Å²) < 4.78 is 0. The van der Waals surface area contributed by atoms with Crippen molar-refractivity contribution in [2.24, 2.45) is 5.92 Å². The molecule has 0 saturated heterocycles. The number of nitrogens with two attached hydrogens (primary N) is 1. The summed E-state index contributed by atoms with van der Waals surface area (Å²) in [5.74, 6) is 2.94. The molecule has 3 N–H and O–H groups in total. The summed E-state index contributed by atoms with van der Waals surface area (Å²) in [7, 11) is 1.97. The Kier molecular flexibility index (Phi) is 5.63. The van der Waals surface area contributed by atoms with Gasteiger partial charge in [-0.2, -0.15) is 11.8 Å². The lowest BCUT2D eigenvalue weighted by atomic mass is 10.1. The van der Waals surface area contributed by atoms with Gasteiger partial charge in [0.15, 0.2) is 0 Å². The highest BCUT2D eigenvalue weighted by atomic mass is 32.2. The van der Waals surface area contributed by atoms with Gasteiger partial charge in [0.25, 0.3) is 0 Å². The van der Waals surface area contributed by atoms with Gasteiger partial charge in [0, 0.05) is 35.4 Å². The van der Waals surface area contributed by atoms with Crippen LogP contribution in [0.2, 0.25) is 0 Å². The molecular formula is C12H21N3S. The van der Waals surface area contributed by atoms with Crippen LogP contribution in [-0.4, -0.2) is 23.5 Å². The first-order valence-electron chi connectivity index (χ1n) is 5.59. The lowest BCUT2D eigenvalue weighted by Gasteiger charge is -2.18. The minimum absolute atomic E-state index is 0.289. The summed E-state index contributed by atoms with van der Waals surface area (Å²) in [6, 6.07) is 2.14. The maximum atomic E-state index is 5.94. The van der Waals surface area contributed by atoms with Gasteiger partial charge in [-0.1, -0.05) is 13.8 Å². The fourth-order valence-electron chi connectivity index (χ4n) is 1.46. The van der Waals surface area contributed by atoms with Crippen molar-refractivity contribution in [3.8, 4) is 0 Å². The molecule has 3 nitrogen and oxygen atoms in total. The number of thioether (sulfide) groups is 1. The van der Waals surface area contributed by atoms with Crippen LogP contribution in [-0.2, 0) is 0 Å². The molecular weight excluding hydrogens is 218 g/mol. The Morgan fingerprint density at radius 3 is 2.75 bits per heavy atom. The first-order valence-corrected chi connectivity index (χ1v) is 6.75. The third kappa shape index (κ3) is 4.02. The number of nitrogens with one attached hydrogen (secondary N) is 1. The smallest absolute Gasteiger partial charge is 0.0445 e. The summed E-state index contributed by atoms with van der Waals surface area (Å²) in [5.41, 5.74) is 7.86. The normalized spacial score (nSPS) is 13.0. The average molecular weight is 239 g/mol. The van der Waals surface area contributed by atoms with Crippen LogP contribution in [0.5, 0.6) is 0 Å². The number of pyridine rings is 1. The zero-order valence-electron chi connectivity index (χ0n) is 10.2. The topological polar surface area (TPSA) is 50.9 Å². The van der Waals surface area contributed by atoms with E-state index < -0.39 is 0 Å². The van der Waals surface area contributed by atoms with E-state index in [1.165, 1.54) is 5.75 Å². The first-order chi connectivity index (χ1) is 7.65. The summed E-state index contributed by atoms with van der Waals surface area (Å²) in [5, 5.41) is 3.29. The second-order valence-electron chi connectivity index (χ2n) is 4.28. The largest absolute Gasteiger partial charge is 0.398 e. The van der Waals surface area contributed by atoms with Crippen molar-refractivity contribution in [3.05, 3.63) is 24.0 Å². The van der Waals surface area contributed by atoms with Crippen LogP contribution >= 0.6 is 11.8 Å². The standard InChI is InChI=1S/C12H21N3S/c1-9(2)7-16-8-12(14-3)10-6-15-5-4-11(10)13/h4-6,9,12,14H,7-8H2,1-3H3,(H2,13,15). The van der Waals surface area contributed by atoms with Gasteiger partial charge < -0.3 is 11.1 Å². The Labute approximate surface area is 102 Å². The molecule has 0 fully saturated rings. The van der Waals surface area contributed by atoms with Gasteiger partial charge in [-0.15, -0.1) is 0 Å². The predicted molar refractivity (Wildman–Crippen MR) is 72.6 cm³/mol. The van der Waals surface area contributed by atoms with Gasteiger partial charge in [-0.05, 0) is 24.8 Å². The molecule has 0 aromatic carbocycles. The van der Waals surface area contributed by atoms with E-state index in [0.717, 1.165) is 22.9 Å². The molecule has 1 unspecified atom stereocenters. The summed E-state index contributed by atoms with van der Waals surface area (Å²) >= 11 is 1.95. The zero-order chi connectivity index (χ0) is 12.0. The number of hydrogen-bond acceptors (Lipinski definition) is 4. The lowest BCUT2D eigenvalue weighted by molar-refractivity contribution is 0.658. The van der Waals surface area contributed by atoms with Gasteiger partial charge in [0.1, 0.15) is 0 Å². The van der Waals surface area contributed by atoms with Crippen molar-refractivity contribution in [2.45, 2.75) is 19.9 Å². The van der Waals surface area contributed by atoms with E-state index >= 15 is 0 Å². The highest BCUT2D eigenvalue weighted by molar-refractivity contribution is 7.99. The van der Waals surface area contributed by atoms with Crippen molar-refractivity contribution >= 4 is 17.4 Å². The molecule has 4 heteroatoms. The van der Waals surface area contributed by atoms with Gasteiger partial charge >= 0.3 is 0 Å². The van der Waals surface area contributed by atoms with Crippen LogP contribution in [0, 0.1) is 5.92 Å². The predicted octanol–water partition coefficient (Wildman–Crippen LogP) is 2.31. The molecule has 0 spiro atoms. The van der Waals surface area contributed by atoms with Crippen LogP contribution in [0.3, 0.4) is 0 Å². The van der Waals surface area contributed by atoms with Crippen molar-refractivity contribution in [1.82, 2.24) is 10.3 Å². The van der Waals surface area contributed by atoms with Crippen LogP contribution in [0.25, 0.3) is 0 Å². The Hall–Kier alpha value is -0.740. The first kappa shape index (κ1) is 13.3. The van der Waals surface area contributed by atoms with Crippen LogP contribution in [0.4, 0.5) is 5.69 Å². The van der Waals surface area contributed by atoms with Gasteiger partial charge in [-0.3, -0.25) is 4.98 Å². The molecule has 16 heavy (non-hydrogen) atoms. The zero-order valence-corrected chi connectivity index (χ0v) is 11.1. The summed E-state index contributed by atoms with van der Waals surface area (Å²) in [4.78, 5) is 4.13. The molecule has 1 heterocycles. The number of anilines is 1. The van der Waals surface area contributed by atoms with Gasteiger partial charge in [0.05, 0.1) is 0 Å². The lowest BCUT2D eigenvalue weighted by Crippen LogP contribution is -2.20. The molecule has 1 aromatic heterocycles. The molecule has 0 radical (unpaired) electrons. The van der Waals surface area contributed by atoms with Crippen molar-refractivity contribution in [2.75, 3.05) is 24.3 Å². The monoisotopic (exact) mass is 239 g/mol. The third-order valence-electron chi connectivity index (χ3n) is 2.35. The molecule has 1 rings (SSSR count). The van der Waals surface area contributed by atoms with E-state index in [1.54, 1.807) is 6.20 Å². The maximum absolute atomic E-state index is 5.94. The second-order valence-corrected chi connectivity index (χ2v) is 5.35. The maximum Gasteiger partial charge on any atom is 0.0445 e. The molecule has 1 atom stereocenters. The molecule has 0 amide bonds. The van der Waals surface area contributed by atoms with Gasteiger partial charge in [0.2, 0.25) is 0 Å². The van der Waals surface area contributed by atoms with Crippen LogP contribution in [0.1, 0.15) is 25.5 Å². The molecule has 0 aliphatic heterocycles.